The second-order valence-corrected chi connectivity index (χ2v) is 5.50. The molecule has 2 nitrogen and oxygen atoms in total. The number of hydrogen-bond donors (Lipinski definition) is 1. The van der Waals surface area contributed by atoms with Crippen molar-refractivity contribution in [1.82, 2.24) is 0 Å². The normalized spacial score (nSPS) is 17.7. The van der Waals surface area contributed by atoms with Crippen LogP contribution in [0.1, 0.15) is 5.56 Å². The van der Waals surface area contributed by atoms with Crippen LogP contribution < -0.4 is 0 Å². The molecule has 14 heavy (non-hydrogen) atoms. The summed E-state index contributed by atoms with van der Waals surface area (Å²) in [5, 5.41) is 1.79. The van der Waals surface area contributed by atoms with Crippen molar-refractivity contribution in [1.29, 1.82) is 0 Å². The van der Waals surface area contributed by atoms with Crippen LogP contribution in [0.2, 0.25) is 5.02 Å². The van der Waals surface area contributed by atoms with Crippen LogP contribution in [0.25, 0.3) is 5.57 Å². The van der Waals surface area contributed by atoms with E-state index in [1.54, 1.807) is 12.1 Å². The monoisotopic (exact) mass is 246 g/mol. The molecule has 0 spiro atoms. The van der Waals surface area contributed by atoms with E-state index in [4.69, 9.17) is 11.6 Å². The first kappa shape index (κ1) is 10.1. The average molecular weight is 247 g/mol. The Morgan fingerprint density at radius 3 is 2.71 bits per heavy atom. The van der Waals surface area contributed by atoms with Gasteiger partial charge in [0.25, 0.3) is 0 Å². The van der Waals surface area contributed by atoms with Gasteiger partial charge in [-0.25, -0.2) is 8.42 Å². The number of rotatable bonds is 1. The summed E-state index contributed by atoms with van der Waals surface area (Å²) in [4.78, 5) is 0.325. The van der Waals surface area contributed by atoms with Gasteiger partial charge >= 0.3 is 0 Å². The van der Waals surface area contributed by atoms with Crippen molar-refractivity contribution in [3.05, 3.63) is 34.2 Å². The van der Waals surface area contributed by atoms with Crippen molar-refractivity contribution < 1.29 is 8.42 Å². The molecule has 0 N–H and O–H groups in total. The lowest BCUT2D eigenvalue weighted by Gasteiger charge is -2.01. The number of halogens is 1. The third-order valence-corrected chi connectivity index (χ3v) is 4.20. The topological polar surface area (TPSA) is 34.1 Å². The maximum Gasteiger partial charge on any atom is 0.200 e. The molecular weight excluding hydrogens is 240 g/mol. The fourth-order valence-electron chi connectivity index (χ4n) is 1.44. The van der Waals surface area contributed by atoms with E-state index in [-0.39, 0.29) is 0 Å². The van der Waals surface area contributed by atoms with Crippen LogP contribution >= 0.6 is 24.2 Å². The Morgan fingerprint density at radius 1 is 1.36 bits per heavy atom. The van der Waals surface area contributed by atoms with E-state index in [1.807, 2.05) is 0 Å². The van der Waals surface area contributed by atoms with Gasteiger partial charge in [-0.05, 0) is 29.3 Å². The molecular formula is C9H7ClO2S2. The first-order valence-corrected chi connectivity index (χ1v) is 6.47. The molecule has 1 heterocycles. The fraction of sp³-hybridized carbons (Fsp3) is 0.111. The largest absolute Gasteiger partial charge is 0.219 e. The van der Waals surface area contributed by atoms with E-state index in [0.29, 0.717) is 26.8 Å². The van der Waals surface area contributed by atoms with Gasteiger partial charge in [-0.15, -0.1) is 0 Å². The van der Waals surface area contributed by atoms with Crippen LogP contribution in [0.5, 0.6) is 0 Å². The van der Waals surface area contributed by atoms with Crippen LogP contribution in [0.3, 0.4) is 0 Å². The minimum Gasteiger partial charge on any atom is -0.219 e. The molecule has 1 aliphatic heterocycles. The van der Waals surface area contributed by atoms with Crippen LogP contribution in [0.15, 0.2) is 28.5 Å². The lowest BCUT2D eigenvalue weighted by atomic mass is 10.1. The third-order valence-electron chi connectivity index (χ3n) is 2.06. The minimum atomic E-state index is -3.25. The molecule has 0 bridgehead atoms. The highest BCUT2D eigenvalue weighted by Gasteiger charge is 2.25. The second-order valence-electron chi connectivity index (χ2n) is 2.99. The van der Waals surface area contributed by atoms with E-state index in [0.717, 1.165) is 0 Å². The number of hydrogen-bond acceptors (Lipinski definition) is 3. The number of sulfone groups is 1. The Labute approximate surface area is 92.9 Å². The molecule has 1 aromatic carbocycles. The summed E-state index contributed by atoms with van der Waals surface area (Å²) in [6.45, 7) is 0. The van der Waals surface area contributed by atoms with Crippen molar-refractivity contribution in [2.45, 2.75) is 4.90 Å². The summed E-state index contributed by atoms with van der Waals surface area (Å²) in [6.07, 6.45) is 0. The smallest absolute Gasteiger partial charge is 0.200 e. The molecule has 1 aromatic rings. The molecule has 0 fully saturated rings. The highest BCUT2D eigenvalue weighted by atomic mass is 35.5. The van der Waals surface area contributed by atoms with Gasteiger partial charge in [-0.2, -0.15) is 12.6 Å². The number of fused-ring (bicyclic) bond motifs is 1. The van der Waals surface area contributed by atoms with Crippen molar-refractivity contribution in [3.63, 3.8) is 0 Å². The molecule has 0 atom stereocenters. The second kappa shape index (κ2) is 3.29. The summed E-state index contributed by atoms with van der Waals surface area (Å²) < 4.78 is 23.2. The predicted molar refractivity (Wildman–Crippen MR) is 60.5 cm³/mol. The Hall–Kier alpha value is -0.450. The van der Waals surface area contributed by atoms with Crippen molar-refractivity contribution in [2.75, 3.05) is 5.75 Å². The maximum absolute atomic E-state index is 11.6. The van der Waals surface area contributed by atoms with E-state index < -0.39 is 9.84 Å². The van der Waals surface area contributed by atoms with E-state index >= 15 is 0 Å². The van der Waals surface area contributed by atoms with Crippen LogP contribution in [-0.4, -0.2) is 14.2 Å². The minimum absolute atomic E-state index is 0.325. The number of benzene rings is 1. The molecule has 0 aromatic heterocycles. The van der Waals surface area contributed by atoms with Crippen molar-refractivity contribution in [3.8, 4) is 0 Å². The van der Waals surface area contributed by atoms with E-state index in [2.05, 4.69) is 12.6 Å². The van der Waals surface area contributed by atoms with E-state index in [9.17, 15) is 8.42 Å². The summed E-state index contributed by atoms with van der Waals surface area (Å²) in [7, 11) is -3.25. The Kier molecular flexibility index (Phi) is 2.37. The van der Waals surface area contributed by atoms with Crippen LogP contribution in [0.4, 0.5) is 0 Å². The van der Waals surface area contributed by atoms with Gasteiger partial charge in [0.2, 0.25) is 9.84 Å². The van der Waals surface area contributed by atoms with Gasteiger partial charge in [0, 0.05) is 16.2 Å². The van der Waals surface area contributed by atoms with Gasteiger partial charge < -0.3 is 0 Å². The molecule has 1 aliphatic rings. The van der Waals surface area contributed by atoms with Gasteiger partial charge in [-0.3, -0.25) is 0 Å². The zero-order valence-corrected chi connectivity index (χ0v) is 9.53. The zero-order chi connectivity index (χ0) is 10.3. The summed E-state index contributed by atoms with van der Waals surface area (Å²) in [5.74, 6) is 0.395. The predicted octanol–water partition coefficient (Wildman–Crippen LogP) is 2.40. The van der Waals surface area contributed by atoms with E-state index in [1.165, 1.54) is 11.5 Å². The summed E-state index contributed by atoms with van der Waals surface area (Å²) in [5.41, 5.74) is 1.37. The van der Waals surface area contributed by atoms with Gasteiger partial charge in [0.1, 0.15) is 0 Å². The molecule has 2 rings (SSSR count). The molecule has 5 heteroatoms. The molecule has 0 amide bonds. The van der Waals surface area contributed by atoms with Gasteiger partial charge in [0.15, 0.2) is 0 Å². The Morgan fingerprint density at radius 2 is 2.07 bits per heavy atom. The lowest BCUT2D eigenvalue weighted by Crippen LogP contribution is -1.92. The molecule has 0 aliphatic carbocycles. The van der Waals surface area contributed by atoms with Crippen LogP contribution in [0, 0.1) is 0 Å². The molecule has 0 unspecified atom stereocenters. The maximum atomic E-state index is 11.6. The Balaban J connectivity index is 2.75. The molecule has 0 saturated carbocycles. The SMILES string of the molecule is O=S1(=O)C=C(CS)c2cc(Cl)ccc21. The highest BCUT2D eigenvalue weighted by molar-refractivity contribution is 7.95. The zero-order valence-electron chi connectivity index (χ0n) is 7.07. The first-order chi connectivity index (χ1) is 6.54. The van der Waals surface area contributed by atoms with Crippen molar-refractivity contribution in [2.24, 2.45) is 0 Å². The van der Waals surface area contributed by atoms with Crippen molar-refractivity contribution >= 4 is 39.6 Å². The fourth-order valence-corrected chi connectivity index (χ4v) is 3.46. The molecule has 0 saturated heterocycles. The van der Waals surface area contributed by atoms with Crippen LogP contribution in [-0.2, 0) is 9.84 Å². The first-order valence-electron chi connectivity index (χ1n) is 3.91. The number of thiol groups is 1. The molecule has 0 radical (unpaired) electrons. The quantitative estimate of drug-likeness (QED) is 0.773. The van der Waals surface area contributed by atoms with Gasteiger partial charge in [-0.1, -0.05) is 11.6 Å². The van der Waals surface area contributed by atoms with Gasteiger partial charge in [0.05, 0.1) is 4.90 Å². The molecule has 74 valence electrons. The summed E-state index contributed by atoms with van der Waals surface area (Å²) in [6, 6.07) is 4.76. The third kappa shape index (κ3) is 1.47. The average Bonchev–Trinajstić information content (AvgIpc) is 2.37. The standard InChI is InChI=1S/C9H7ClO2S2/c10-7-1-2-9-8(3-7)6(4-13)5-14(9,11)12/h1-3,5,13H,4H2. The summed E-state index contributed by atoms with van der Waals surface area (Å²) >= 11 is 9.87. The Bertz CT molecular complexity index is 518. The highest BCUT2D eigenvalue weighted by Crippen LogP contribution is 2.35. The lowest BCUT2D eigenvalue weighted by molar-refractivity contribution is 0.605.